The number of pyridine rings is 1. The number of aromatic hydroxyl groups is 1. The average molecular weight is 344 g/mol. The molecule has 0 aliphatic rings. The van der Waals surface area contributed by atoms with E-state index in [-0.39, 0.29) is 11.4 Å². The van der Waals surface area contributed by atoms with Gasteiger partial charge in [-0.25, -0.2) is 4.98 Å². The van der Waals surface area contributed by atoms with Crippen LogP contribution in [0.25, 0.3) is 11.1 Å². The maximum atomic E-state index is 12.1. The van der Waals surface area contributed by atoms with Crippen LogP contribution in [0.3, 0.4) is 0 Å². The molecule has 1 amide bonds. The number of carbonyl (C=O) groups is 2. The number of aryl methyl sites for hydroxylation is 1. The fourth-order valence-corrected chi connectivity index (χ4v) is 2.25. The van der Waals surface area contributed by atoms with E-state index in [9.17, 15) is 14.7 Å². The zero-order valence-electron chi connectivity index (χ0n) is 13.4. The predicted octanol–water partition coefficient (Wildman–Crippen LogP) is 0.150. The molecule has 2 rings (SSSR count). The Balaban J connectivity index is 2.35. The van der Waals surface area contributed by atoms with Crippen LogP contribution in [-0.4, -0.2) is 48.1 Å². The molecule has 0 aliphatic carbocycles. The standard InChI is InChI=1S/C15H15B2ClN2O4/c1-7-2-3-9(18)5-10(7)8-4-11(21)12(19-6-8)13(22)20-15(16,17)14(23)24/h2-6,21H,16-17H2,1H3,(H,20,22)(H,23,24). The zero-order chi connectivity index (χ0) is 18.1. The summed E-state index contributed by atoms with van der Waals surface area (Å²) in [4.78, 5) is 27.2. The van der Waals surface area contributed by atoms with Gasteiger partial charge in [-0.3, -0.25) is 9.59 Å². The summed E-state index contributed by atoms with van der Waals surface area (Å²) in [6, 6.07) is 6.73. The maximum absolute atomic E-state index is 12.1. The Labute approximate surface area is 145 Å². The van der Waals surface area contributed by atoms with Crippen LogP contribution in [0.4, 0.5) is 0 Å². The Morgan fingerprint density at radius 2 is 1.96 bits per heavy atom. The van der Waals surface area contributed by atoms with Crippen molar-refractivity contribution in [3.05, 3.63) is 46.7 Å². The van der Waals surface area contributed by atoms with E-state index in [1.165, 1.54) is 28.0 Å². The van der Waals surface area contributed by atoms with Crippen molar-refractivity contribution < 1.29 is 19.8 Å². The molecule has 1 aromatic carbocycles. The van der Waals surface area contributed by atoms with Crippen molar-refractivity contribution >= 4 is 39.2 Å². The molecule has 0 fully saturated rings. The van der Waals surface area contributed by atoms with Crippen molar-refractivity contribution in [1.82, 2.24) is 10.3 Å². The first kappa shape index (κ1) is 17.9. The lowest BCUT2D eigenvalue weighted by Crippen LogP contribution is -2.55. The van der Waals surface area contributed by atoms with Crippen molar-refractivity contribution in [1.29, 1.82) is 0 Å². The molecular weight excluding hydrogens is 329 g/mol. The fraction of sp³-hybridized carbons (Fsp3) is 0.133. The van der Waals surface area contributed by atoms with Crippen LogP contribution in [0, 0.1) is 6.92 Å². The van der Waals surface area contributed by atoms with E-state index >= 15 is 0 Å². The summed E-state index contributed by atoms with van der Waals surface area (Å²) >= 11 is 5.99. The van der Waals surface area contributed by atoms with Gasteiger partial charge < -0.3 is 15.5 Å². The molecule has 0 saturated heterocycles. The van der Waals surface area contributed by atoms with Crippen LogP contribution in [-0.2, 0) is 4.79 Å². The quantitative estimate of drug-likeness (QED) is 0.686. The minimum absolute atomic E-state index is 0.243. The first-order valence-electron chi connectivity index (χ1n) is 7.13. The normalized spacial score (nSPS) is 11.1. The Hall–Kier alpha value is -2.47. The molecule has 9 heteroatoms. The van der Waals surface area contributed by atoms with E-state index in [4.69, 9.17) is 16.7 Å². The SMILES string of the molecule is BC(B)(NC(=O)c1ncc(-c2cc(Cl)ccc2C)cc1O)C(=O)O. The number of hydrogen-bond acceptors (Lipinski definition) is 4. The second kappa shape index (κ2) is 6.57. The monoisotopic (exact) mass is 344 g/mol. The first-order valence-corrected chi connectivity index (χ1v) is 7.51. The predicted molar refractivity (Wildman–Crippen MR) is 96.0 cm³/mol. The maximum Gasteiger partial charge on any atom is 0.311 e. The molecule has 0 aliphatic heterocycles. The van der Waals surface area contributed by atoms with Gasteiger partial charge in [-0.15, -0.1) is 0 Å². The third-order valence-corrected chi connectivity index (χ3v) is 3.79. The highest BCUT2D eigenvalue weighted by atomic mass is 35.5. The van der Waals surface area contributed by atoms with E-state index in [2.05, 4.69) is 10.3 Å². The van der Waals surface area contributed by atoms with Crippen LogP contribution in [0.5, 0.6) is 5.75 Å². The van der Waals surface area contributed by atoms with Crippen molar-refractivity contribution in [2.24, 2.45) is 0 Å². The minimum Gasteiger partial charge on any atom is -0.505 e. The van der Waals surface area contributed by atoms with Gasteiger partial charge in [0.1, 0.15) is 21.4 Å². The highest BCUT2D eigenvalue weighted by Gasteiger charge is 2.30. The zero-order valence-corrected chi connectivity index (χ0v) is 14.2. The third-order valence-electron chi connectivity index (χ3n) is 3.55. The van der Waals surface area contributed by atoms with E-state index in [0.29, 0.717) is 10.6 Å². The van der Waals surface area contributed by atoms with Crippen LogP contribution in [0.1, 0.15) is 16.1 Å². The molecule has 1 heterocycles. The van der Waals surface area contributed by atoms with Gasteiger partial charge >= 0.3 is 5.97 Å². The summed E-state index contributed by atoms with van der Waals surface area (Å²) in [6.07, 6.45) is 1.43. The van der Waals surface area contributed by atoms with Gasteiger partial charge in [0.05, 0.1) is 5.34 Å². The summed E-state index contributed by atoms with van der Waals surface area (Å²) in [5, 5.41) is 20.5. The molecule has 0 atom stereocenters. The summed E-state index contributed by atoms with van der Waals surface area (Å²) in [7, 11) is 2.68. The number of amides is 1. The van der Waals surface area contributed by atoms with Crippen molar-refractivity contribution in [2.45, 2.75) is 12.3 Å². The van der Waals surface area contributed by atoms with Crippen molar-refractivity contribution in [3.63, 3.8) is 0 Å². The van der Waals surface area contributed by atoms with Crippen molar-refractivity contribution in [2.75, 3.05) is 0 Å². The molecule has 0 unspecified atom stereocenters. The summed E-state index contributed by atoms with van der Waals surface area (Å²) < 4.78 is 0. The molecule has 0 spiro atoms. The van der Waals surface area contributed by atoms with Gasteiger partial charge in [-0.1, -0.05) is 17.7 Å². The smallest absolute Gasteiger partial charge is 0.311 e. The summed E-state index contributed by atoms with van der Waals surface area (Å²) in [5.41, 5.74) is 2.07. The van der Waals surface area contributed by atoms with E-state index in [1.807, 2.05) is 13.0 Å². The largest absolute Gasteiger partial charge is 0.505 e. The highest BCUT2D eigenvalue weighted by molar-refractivity contribution is 6.51. The number of carbonyl (C=O) groups excluding carboxylic acids is 1. The van der Waals surface area contributed by atoms with Gasteiger partial charge in [0, 0.05) is 16.8 Å². The summed E-state index contributed by atoms with van der Waals surface area (Å²) in [6.45, 7) is 1.89. The third kappa shape index (κ3) is 3.71. The molecule has 122 valence electrons. The van der Waals surface area contributed by atoms with Crippen LogP contribution in [0.15, 0.2) is 30.5 Å². The van der Waals surface area contributed by atoms with Gasteiger partial charge in [0.15, 0.2) is 5.69 Å². The molecule has 24 heavy (non-hydrogen) atoms. The van der Waals surface area contributed by atoms with Crippen LogP contribution < -0.4 is 5.32 Å². The number of benzene rings is 1. The number of carboxylic acid groups (broad SMARTS) is 1. The van der Waals surface area contributed by atoms with E-state index < -0.39 is 17.2 Å². The van der Waals surface area contributed by atoms with E-state index in [0.717, 1.165) is 11.1 Å². The Kier molecular flexibility index (Phi) is 4.89. The molecule has 6 nitrogen and oxygen atoms in total. The number of aliphatic carboxylic acids is 1. The topological polar surface area (TPSA) is 99.5 Å². The lowest BCUT2D eigenvalue weighted by Gasteiger charge is -2.21. The molecule has 0 bridgehead atoms. The van der Waals surface area contributed by atoms with Crippen LogP contribution >= 0.6 is 11.6 Å². The lowest BCUT2D eigenvalue weighted by molar-refractivity contribution is -0.138. The van der Waals surface area contributed by atoms with E-state index in [1.54, 1.807) is 12.1 Å². The first-order chi connectivity index (χ1) is 11.1. The van der Waals surface area contributed by atoms with Gasteiger partial charge in [0.25, 0.3) is 5.91 Å². The number of nitrogens with zero attached hydrogens (tertiary/aromatic N) is 1. The number of hydrogen-bond donors (Lipinski definition) is 3. The Bertz CT molecular complexity index is 827. The molecular formula is C15H15B2ClN2O4. The number of nitrogens with one attached hydrogen (secondary N) is 1. The Morgan fingerprint density at radius 1 is 1.29 bits per heavy atom. The number of halogens is 1. The molecule has 3 N–H and O–H groups in total. The van der Waals surface area contributed by atoms with Gasteiger partial charge in [0.2, 0.25) is 0 Å². The molecule has 2 aromatic rings. The second-order valence-corrected chi connectivity index (χ2v) is 6.37. The molecule has 0 radical (unpaired) electrons. The molecule has 1 aromatic heterocycles. The van der Waals surface area contributed by atoms with Gasteiger partial charge in [-0.2, -0.15) is 0 Å². The highest BCUT2D eigenvalue weighted by Crippen LogP contribution is 2.29. The fourth-order valence-electron chi connectivity index (χ4n) is 2.08. The van der Waals surface area contributed by atoms with Crippen molar-refractivity contribution in [3.8, 4) is 16.9 Å². The average Bonchev–Trinajstić information content (AvgIpc) is 2.48. The molecule has 0 saturated carbocycles. The number of aromatic nitrogens is 1. The number of rotatable bonds is 4. The lowest BCUT2D eigenvalue weighted by atomic mass is 9.62. The Morgan fingerprint density at radius 3 is 2.54 bits per heavy atom. The minimum atomic E-state index is -1.48. The van der Waals surface area contributed by atoms with Gasteiger partial charge in [-0.05, 0) is 36.2 Å². The second-order valence-electron chi connectivity index (χ2n) is 5.94. The summed E-state index contributed by atoms with van der Waals surface area (Å²) in [5.74, 6) is -2.30. The number of carboxylic acids is 1. The van der Waals surface area contributed by atoms with Crippen LogP contribution in [0.2, 0.25) is 5.02 Å².